The Balaban J connectivity index is 2.07. The number of halogens is 1. The molecule has 1 saturated heterocycles. The van der Waals surface area contributed by atoms with E-state index < -0.39 is 0 Å². The van der Waals surface area contributed by atoms with Crippen molar-refractivity contribution in [2.24, 2.45) is 0 Å². The van der Waals surface area contributed by atoms with Gasteiger partial charge >= 0.3 is 0 Å². The molecule has 1 aliphatic rings. The molecular weight excluding hydrogens is 260 g/mol. The second-order valence-corrected chi connectivity index (χ2v) is 4.82. The number of nitrogens with zero attached hydrogens (tertiary/aromatic N) is 2. The van der Waals surface area contributed by atoms with Crippen LogP contribution in [0.4, 0.5) is 0 Å². The average molecular weight is 271 g/mol. The highest BCUT2D eigenvalue weighted by molar-refractivity contribution is 6.32. The summed E-state index contributed by atoms with van der Waals surface area (Å²) in [7, 11) is 0. The van der Waals surface area contributed by atoms with Crippen LogP contribution in [0.5, 0.6) is 0 Å². The molecule has 2 aromatic rings. The summed E-state index contributed by atoms with van der Waals surface area (Å²) in [6.45, 7) is 0.806. The molecule has 2 heterocycles. The number of pyridine rings is 1. The molecule has 0 spiro atoms. The minimum Gasteiger partial charge on any atom is -0.373 e. The SMILES string of the molecule is N#Cc1ccc(-c2cnccc2[C@@H]2CCO2)cc1Cl. The molecule has 3 nitrogen and oxygen atoms in total. The highest BCUT2D eigenvalue weighted by Crippen LogP contribution is 2.36. The van der Waals surface area contributed by atoms with Crippen LogP contribution in [0.25, 0.3) is 11.1 Å². The molecule has 0 unspecified atom stereocenters. The number of benzene rings is 1. The molecule has 1 aromatic carbocycles. The van der Waals surface area contributed by atoms with E-state index in [1.54, 1.807) is 18.3 Å². The topological polar surface area (TPSA) is 45.9 Å². The molecule has 19 heavy (non-hydrogen) atoms. The van der Waals surface area contributed by atoms with Crippen molar-refractivity contribution >= 4 is 11.6 Å². The Hall–Kier alpha value is -1.89. The maximum absolute atomic E-state index is 8.90. The van der Waals surface area contributed by atoms with Gasteiger partial charge in [-0.15, -0.1) is 0 Å². The van der Waals surface area contributed by atoms with Crippen molar-refractivity contribution in [1.82, 2.24) is 4.98 Å². The number of hydrogen-bond acceptors (Lipinski definition) is 3. The molecule has 1 atom stereocenters. The fourth-order valence-electron chi connectivity index (χ4n) is 2.18. The first-order valence-corrected chi connectivity index (χ1v) is 6.43. The van der Waals surface area contributed by atoms with Gasteiger partial charge < -0.3 is 4.74 Å². The first-order chi connectivity index (χ1) is 9.29. The molecule has 0 bridgehead atoms. The van der Waals surface area contributed by atoms with Gasteiger partial charge in [0.1, 0.15) is 6.07 Å². The molecule has 1 aliphatic heterocycles. The quantitative estimate of drug-likeness (QED) is 0.835. The zero-order valence-electron chi connectivity index (χ0n) is 10.1. The highest BCUT2D eigenvalue weighted by Gasteiger charge is 2.23. The molecule has 4 heteroatoms. The van der Waals surface area contributed by atoms with Gasteiger partial charge in [-0.05, 0) is 29.3 Å². The summed E-state index contributed by atoms with van der Waals surface area (Å²) in [4.78, 5) is 4.17. The summed E-state index contributed by atoms with van der Waals surface area (Å²) in [5.74, 6) is 0. The van der Waals surface area contributed by atoms with Crippen molar-refractivity contribution < 1.29 is 4.74 Å². The molecule has 1 aromatic heterocycles. The summed E-state index contributed by atoms with van der Waals surface area (Å²) in [5.41, 5.74) is 3.58. The predicted molar refractivity (Wildman–Crippen MR) is 72.7 cm³/mol. The van der Waals surface area contributed by atoms with Gasteiger partial charge in [0.25, 0.3) is 0 Å². The van der Waals surface area contributed by atoms with Crippen LogP contribution in [-0.2, 0) is 4.74 Å². The van der Waals surface area contributed by atoms with E-state index in [1.165, 1.54) is 0 Å². The van der Waals surface area contributed by atoms with E-state index in [9.17, 15) is 0 Å². The predicted octanol–water partition coefficient (Wildman–Crippen LogP) is 3.74. The lowest BCUT2D eigenvalue weighted by atomic mass is 9.94. The van der Waals surface area contributed by atoms with Crippen LogP contribution in [0.15, 0.2) is 36.7 Å². The van der Waals surface area contributed by atoms with Gasteiger partial charge in [0.15, 0.2) is 0 Å². The number of hydrogen-bond donors (Lipinski definition) is 0. The average Bonchev–Trinajstić information content (AvgIpc) is 2.37. The summed E-state index contributed by atoms with van der Waals surface area (Å²) in [5, 5.41) is 9.37. The van der Waals surface area contributed by atoms with Crippen LogP contribution in [0.3, 0.4) is 0 Å². The standard InChI is InChI=1S/C15H11ClN2O/c16-14-7-10(1-2-11(14)8-17)13-9-18-5-3-12(13)15-4-6-19-15/h1-3,5,7,9,15H,4,6H2/t15-/m0/s1. The van der Waals surface area contributed by atoms with Crippen molar-refractivity contribution in [3.63, 3.8) is 0 Å². The summed E-state index contributed by atoms with van der Waals surface area (Å²) in [6, 6.07) is 9.47. The third-order valence-electron chi connectivity index (χ3n) is 3.30. The molecule has 0 radical (unpaired) electrons. The lowest BCUT2D eigenvalue weighted by Gasteiger charge is -2.28. The number of rotatable bonds is 2. The van der Waals surface area contributed by atoms with Crippen molar-refractivity contribution in [3.05, 3.63) is 52.8 Å². The van der Waals surface area contributed by atoms with Gasteiger partial charge in [-0.25, -0.2) is 0 Å². The fraction of sp³-hybridized carbons (Fsp3) is 0.200. The molecule has 0 amide bonds. The van der Waals surface area contributed by atoms with Crippen LogP contribution >= 0.6 is 11.6 Å². The molecule has 0 saturated carbocycles. The van der Waals surface area contributed by atoms with E-state index in [-0.39, 0.29) is 6.10 Å². The number of ether oxygens (including phenoxy) is 1. The van der Waals surface area contributed by atoms with Crippen LogP contribution in [0.2, 0.25) is 5.02 Å². The van der Waals surface area contributed by atoms with Crippen LogP contribution in [0.1, 0.15) is 23.7 Å². The van der Waals surface area contributed by atoms with E-state index in [4.69, 9.17) is 21.6 Å². The minimum absolute atomic E-state index is 0.146. The van der Waals surface area contributed by atoms with E-state index in [0.717, 1.165) is 29.7 Å². The molecule has 0 aliphatic carbocycles. The van der Waals surface area contributed by atoms with Gasteiger partial charge in [0.2, 0.25) is 0 Å². The van der Waals surface area contributed by atoms with Gasteiger partial charge in [0, 0.05) is 24.4 Å². The Morgan fingerprint density at radius 3 is 2.84 bits per heavy atom. The Morgan fingerprint density at radius 2 is 2.21 bits per heavy atom. The Bertz CT molecular complexity index is 659. The maximum Gasteiger partial charge on any atom is 0.101 e. The third-order valence-corrected chi connectivity index (χ3v) is 3.61. The van der Waals surface area contributed by atoms with E-state index in [0.29, 0.717) is 10.6 Å². The van der Waals surface area contributed by atoms with Crippen LogP contribution in [0, 0.1) is 11.3 Å². The molecule has 94 valence electrons. The maximum atomic E-state index is 8.90. The largest absolute Gasteiger partial charge is 0.373 e. The minimum atomic E-state index is 0.146. The first-order valence-electron chi connectivity index (χ1n) is 6.05. The van der Waals surface area contributed by atoms with Crippen LogP contribution < -0.4 is 0 Å². The van der Waals surface area contributed by atoms with Gasteiger partial charge in [-0.1, -0.05) is 17.7 Å². The van der Waals surface area contributed by atoms with Gasteiger partial charge in [-0.3, -0.25) is 4.98 Å². The van der Waals surface area contributed by atoms with Gasteiger partial charge in [-0.2, -0.15) is 5.26 Å². The fourth-order valence-corrected chi connectivity index (χ4v) is 2.40. The lowest BCUT2D eigenvalue weighted by molar-refractivity contribution is -0.0524. The summed E-state index contributed by atoms with van der Waals surface area (Å²) >= 11 is 6.09. The molecule has 3 rings (SSSR count). The summed E-state index contributed by atoms with van der Waals surface area (Å²) < 4.78 is 5.54. The third kappa shape index (κ3) is 2.21. The van der Waals surface area contributed by atoms with Crippen molar-refractivity contribution in [3.8, 4) is 17.2 Å². The van der Waals surface area contributed by atoms with E-state index >= 15 is 0 Å². The van der Waals surface area contributed by atoms with Crippen molar-refractivity contribution in [2.75, 3.05) is 6.61 Å². The lowest BCUT2D eigenvalue weighted by Crippen LogP contribution is -2.19. The second-order valence-electron chi connectivity index (χ2n) is 4.42. The first kappa shape index (κ1) is 12.2. The highest BCUT2D eigenvalue weighted by atomic mass is 35.5. The monoisotopic (exact) mass is 270 g/mol. The van der Waals surface area contributed by atoms with Crippen molar-refractivity contribution in [2.45, 2.75) is 12.5 Å². The summed E-state index contributed by atoms with van der Waals surface area (Å²) in [6.07, 6.45) is 4.76. The second kappa shape index (κ2) is 5.00. The normalized spacial score (nSPS) is 17.6. The molecule has 1 fully saturated rings. The number of nitriles is 1. The Labute approximate surface area is 116 Å². The van der Waals surface area contributed by atoms with Gasteiger partial charge in [0.05, 0.1) is 23.3 Å². The van der Waals surface area contributed by atoms with Crippen molar-refractivity contribution in [1.29, 1.82) is 5.26 Å². The van der Waals surface area contributed by atoms with Crippen LogP contribution in [-0.4, -0.2) is 11.6 Å². The molecular formula is C15H11ClN2O. The Morgan fingerprint density at radius 1 is 1.37 bits per heavy atom. The smallest absolute Gasteiger partial charge is 0.101 e. The zero-order chi connectivity index (χ0) is 13.2. The number of aromatic nitrogens is 1. The zero-order valence-corrected chi connectivity index (χ0v) is 10.9. The van der Waals surface area contributed by atoms with E-state index in [2.05, 4.69) is 11.1 Å². The van der Waals surface area contributed by atoms with E-state index in [1.807, 2.05) is 18.3 Å². The Kier molecular flexibility index (Phi) is 3.20. The molecule has 0 N–H and O–H groups in total.